The number of carbonyl (C=O) groups is 3. The third-order valence-corrected chi connectivity index (χ3v) is 6.00. The summed E-state index contributed by atoms with van der Waals surface area (Å²) in [6.45, 7) is 3.33. The van der Waals surface area contributed by atoms with Crippen molar-refractivity contribution in [3.05, 3.63) is 57.0 Å². The highest BCUT2D eigenvalue weighted by Gasteiger charge is 2.35. The molecule has 0 aliphatic carbocycles. The highest BCUT2D eigenvalue weighted by atomic mass is 19.1. The van der Waals surface area contributed by atoms with Crippen molar-refractivity contribution >= 4 is 17.6 Å². The average Bonchev–Trinajstić information content (AvgIpc) is 2.98. The second-order valence-electron chi connectivity index (χ2n) is 8.87. The quantitative estimate of drug-likeness (QED) is 0.499. The fourth-order valence-corrected chi connectivity index (χ4v) is 3.90. The van der Waals surface area contributed by atoms with Crippen LogP contribution in [-0.2, 0) is 20.7 Å². The molecule has 11 heteroatoms. The van der Waals surface area contributed by atoms with Gasteiger partial charge in [-0.25, -0.2) is 9.37 Å². The summed E-state index contributed by atoms with van der Waals surface area (Å²) >= 11 is 0. The van der Waals surface area contributed by atoms with Crippen LogP contribution in [-0.4, -0.2) is 76.4 Å². The summed E-state index contributed by atoms with van der Waals surface area (Å²) in [4.78, 5) is 57.6. The van der Waals surface area contributed by atoms with Gasteiger partial charge in [-0.15, -0.1) is 0 Å². The molecule has 10 nitrogen and oxygen atoms in total. The summed E-state index contributed by atoms with van der Waals surface area (Å²) in [5.41, 5.74) is -0.0932. The first kappa shape index (κ1) is 26.0. The number of Topliss-reactive ketones (excluding diaryl/α,β-unsaturated/α-hetero) is 1. The first-order valence-electron chi connectivity index (χ1n) is 11.1. The van der Waals surface area contributed by atoms with E-state index in [1.807, 2.05) is 0 Å². The molecule has 1 aromatic heterocycles. The molecule has 0 saturated carbocycles. The van der Waals surface area contributed by atoms with Crippen molar-refractivity contribution in [1.82, 2.24) is 19.4 Å². The Balaban J connectivity index is 1.99. The molecule has 1 aromatic carbocycles. The molecule has 1 aliphatic rings. The number of ether oxygens (including phenoxy) is 1. The molecule has 3 rings (SSSR count). The van der Waals surface area contributed by atoms with Gasteiger partial charge in [0.15, 0.2) is 11.5 Å². The molecule has 1 N–H and O–H groups in total. The van der Waals surface area contributed by atoms with Crippen LogP contribution in [0.4, 0.5) is 4.39 Å². The zero-order valence-electron chi connectivity index (χ0n) is 20.4. The van der Waals surface area contributed by atoms with E-state index in [9.17, 15) is 28.7 Å². The number of rotatable bonds is 5. The number of benzene rings is 1. The molecule has 188 valence electrons. The number of fused-ring (bicyclic) bond motifs is 1. The van der Waals surface area contributed by atoms with E-state index in [4.69, 9.17) is 4.74 Å². The molecule has 1 aliphatic heterocycles. The summed E-state index contributed by atoms with van der Waals surface area (Å²) in [6.07, 6.45) is 0.164. The molecule has 2 aromatic rings. The number of aryl methyl sites for hydroxylation is 2. The van der Waals surface area contributed by atoms with Crippen LogP contribution in [0.15, 0.2) is 23.0 Å². The Morgan fingerprint density at radius 3 is 2.51 bits per heavy atom. The summed E-state index contributed by atoms with van der Waals surface area (Å²) < 4.78 is 20.3. The standard InChI is InChI=1S/C24H29FN4O6/c1-13-10-15(6-8-16(13)25)7-9-18(30)19-20(31)22(32)29-14(2)11-35-12-17(21(29)26-19)28(5)24(34)23(33)27(3)4/h6,8,10,14,17,31H,7,9,11-12H2,1-5H3/t14-,17+/m0/s1. The summed E-state index contributed by atoms with van der Waals surface area (Å²) in [5.74, 6) is -3.30. The molecule has 2 atom stereocenters. The van der Waals surface area contributed by atoms with Gasteiger partial charge < -0.3 is 19.6 Å². The third-order valence-electron chi connectivity index (χ3n) is 6.00. The largest absolute Gasteiger partial charge is 0.501 e. The van der Waals surface area contributed by atoms with Crippen LogP contribution in [0.25, 0.3) is 0 Å². The van der Waals surface area contributed by atoms with E-state index < -0.39 is 46.7 Å². The van der Waals surface area contributed by atoms with Crippen molar-refractivity contribution in [2.45, 2.75) is 38.8 Å². The SMILES string of the molecule is Cc1cc(CCC(=O)c2nc3n(c(=O)c2O)[C@@H](C)COC[C@H]3N(C)C(=O)C(=O)N(C)C)ccc1F. The number of ketones is 1. The van der Waals surface area contributed by atoms with Gasteiger partial charge in [0.2, 0.25) is 5.75 Å². The van der Waals surface area contributed by atoms with E-state index in [0.717, 1.165) is 15.4 Å². The van der Waals surface area contributed by atoms with E-state index in [0.29, 0.717) is 5.56 Å². The maximum Gasteiger partial charge on any atom is 0.312 e. The zero-order chi connectivity index (χ0) is 26.0. The van der Waals surface area contributed by atoms with Crippen molar-refractivity contribution in [1.29, 1.82) is 0 Å². The number of carbonyl (C=O) groups excluding carboxylic acids is 3. The second-order valence-corrected chi connectivity index (χ2v) is 8.87. The Morgan fingerprint density at radius 2 is 1.89 bits per heavy atom. The predicted molar refractivity (Wildman–Crippen MR) is 124 cm³/mol. The van der Waals surface area contributed by atoms with Gasteiger partial charge in [0.05, 0.1) is 19.3 Å². The first-order valence-corrected chi connectivity index (χ1v) is 11.1. The Hall–Kier alpha value is -3.60. The van der Waals surface area contributed by atoms with E-state index in [2.05, 4.69) is 4.98 Å². The predicted octanol–water partition coefficient (Wildman–Crippen LogP) is 1.39. The van der Waals surface area contributed by atoms with Gasteiger partial charge in [-0.1, -0.05) is 12.1 Å². The van der Waals surface area contributed by atoms with Gasteiger partial charge in [0.1, 0.15) is 17.7 Å². The fraction of sp³-hybridized carbons (Fsp3) is 0.458. The maximum absolute atomic E-state index is 13.5. The molecule has 0 radical (unpaired) electrons. The van der Waals surface area contributed by atoms with Crippen molar-refractivity contribution in [2.75, 3.05) is 34.4 Å². The van der Waals surface area contributed by atoms with E-state index in [-0.39, 0.29) is 37.7 Å². The first-order chi connectivity index (χ1) is 16.4. The van der Waals surface area contributed by atoms with E-state index >= 15 is 0 Å². The smallest absolute Gasteiger partial charge is 0.312 e. The second kappa shape index (κ2) is 10.3. The molecule has 0 fully saturated rings. The molecular weight excluding hydrogens is 459 g/mol. The summed E-state index contributed by atoms with van der Waals surface area (Å²) in [7, 11) is 4.26. The number of likely N-dealkylation sites (N-methyl/N-ethyl adjacent to an activating group) is 2. The molecule has 2 amide bonds. The van der Waals surface area contributed by atoms with Crippen LogP contribution >= 0.6 is 0 Å². The zero-order valence-corrected chi connectivity index (χ0v) is 20.4. The lowest BCUT2D eigenvalue weighted by Crippen LogP contribution is -2.44. The van der Waals surface area contributed by atoms with Gasteiger partial charge in [0.25, 0.3) is 5.56 Å². The monoisotopic (exact) mass is 488 g/mol. The van der Waals surface area contributed by atoms with Crippen molar-refractivity contribution < 1.29 is 28.6 Å². The fourth-order valence-electron chi connectivity index (χ4n) is 3.90. The summed E-state index contributed by atoms with van der Waals surface area (Å²) in [5, 5.41) is 10.6. The molecule has 2 heterocycles. The number of nitrogens with zero attached hydrogens (tertiary/aromatic N) is 4. The summed E-state index contributed by atoms with van der Waals surface area (Å²) in [6, 6.07) is 3.01. The average molecular weight is 489 g/mol. The molecular formula is C24H29FN4O6. The maximum atomic E-state index is 13.5. The minimum Gasteiger partial charge on any atom is -0.501 e. The number of halogens is 1. The number of hydrogen-bond acceptors (Lipinski definition) is 7. The lowest BCUT2D eigenvalue weighted by molar-refractivity contribution is -0.151. The number of aromatic hydroxyl groups is 1. The molecule has 0 spiro atoms. The Kier molecular flexibility index (Phi) is 7.69. The third kappa shape index (κ3) is 5.24. The van der Waals surface area contributed by atoms with Crippen LogP contribution in [0.1, 0.15) is 52.9 Å². The van der Waals surface area contributed by atoms with Crippen molar-refractivity contribution in [2.24, 2.45) is 0 Å². The highest BCUT2D eigenvalue weighted by molar-refractivity contribution is 6.34. The Labute approximate surface area is 201 Å². The number of aromatic nitrogens is 2. The van der Waals surface area contributed by atoms with Crippen LogP contribution in [0, 0.1) is 12.7 Å². The van der Waals surface area contributed by atoms with Crippen LogP contribution in [0.3, 0.4) is 0 Å². The van der Waals surface area contributed by atoms with E-state index in [1.165, 1.54) is 31.8 Å². The van der Waals surface area contributed by atoms with Crippen molar-refractivity contribution in [3.8, 4) is 5.75 Å². The normalized spacial score (nSPS) is 17.3. The van der Waals surface area contributed by atoms with Crippen molar-refractivity contribution in [3.63, 3.8) is 0 Å². The molecule has 0 bridgehead atoms. The van der Waals surface area contributed by atoms with Gasteiger partial charge in [-0.3, -0.25) is 23.7 Å². The lowest BCUT2D eigenvalue weighted by Gasteiger charge is -2.28. The van der Waals surface area contributed by atoms with Gasteiger partial charge in [-0.2, -0.15) is 0 Å². The van der Waals surface area contributed by atoms with Gasteiger partial charge in [-0.05, 0) is 37.5 Å². The Morgan fingerprint density at radius 1 is 1.20 bits per heavy atom. The van der Waals surface area contributed by atoms with Crippen LogP contribution in [0.5, 0.6) is 5.75 Å². The molecule has 35 heavy (non-hydrogen) atoms. The van der Waals surface area contributed by atoms with Crippen LogP contribution in [0.2, 0.25) is 0 Å². The van der Waals surface area contributed by atoms with E-state index in [1.54, 1.807) is 26.0 Å². The minimum atomic E-state index is -0.948. The van der Waals surface area contributed by atoms with Gasteiger partial charge >= 0.3 is 11.8 Å². The minimum absolute atomic E-state index is 0.0428. The highest BCUT2D eigenvalue weighted by Crippen LogP contribution is 2.27. The Bertz CT molecular complexity index is 1230. The topological polar surface area (TPSA) is 122 Å². The lowest BCUT2D eigenvalue weighted by atomic mass is 10.0. The molecule has 0 unspecified atom stereocenters. The van der Waals surface area contributed by atoms with Crippen LogP contribution < -0.4 is 5.56 Å². The number of amides is 2. The van der Waals surface area contributed by atoms with Gasteiger partial charge in [0, 0.05) is 27.6 Å². The number of hydrogen-bond donors (Lipinski definition) is 1. The molecule has 0 saturated heterocycles.